The van der Waals surface area contributed by atoms with Gasteiger partial charge in [-0.1, -0.05) is 17.3 Å². The van der Waals surface area contributed by atoms with Gasteiger partial charge in [0.15, 0.2) is 5.82 Å². The molecule has 2 heterocycles. The lowest BCUT2D eigenvalue weighted by molar-refractivity contribution is -0.137. The van der Waals surface area contributed by atoms with Crippen LogP contribution in [0.4, 0.5) is 19.0 Å². The Morgan fingerprint density at radius 3 is 2.74 bits per heavy atom. The van der Waals surface area contributed by atoms with Gasteiger partial charge in [0, 0.05) is 17.9 Å². The molecule has 2 aliphatic rings. The van der Waals surface area contributed by atoms with Crippen molar-refractivity contribution in [3.63, 3.8) is 0 Å². The first-order valence-electron chi connectivity index (χ1n) is 8.73. The summed E-state index contributed by atoms with van der Waals surface area (Å²) in [7, 11) is 0. The highest BCUT2D eigenvalue weighted by molar-refractivity contribution is 5.94. The van der Waals surface area contributed by atoms with E-state index in [0.29, 0.717) is 30.3 Å². The molecule has 1 aliphatic carbocycles. The van der Waals surface area contributed by atoms with Gasteiger partial charge in [-0.2, -0.15) is 13.2 Å². The van der Waals surface area contributed by atoms with E-state index in [0.717, 1.165) is 25.0 Å². The number of hydrogen-bond donors (Lipinski definition) is 1. The molecular weight excluding hydrogens is 361 g/mol. The summed E-state index contributed by atoms with van der Waals surface area (Å²) in [6.07, 6.45) is -2.62. The number of amides is 1. The average molecular weight is 380 g/mol. The van der Waals surface area contributed by atoms with Crippen molar-refractivity contribution in [2.45, 2.75) is 32.5 Å². The molecular formula is C18H19F3N4O2. The zero-order valence-electron chi connectivity index (χ0n) is 14.7. The van der Waals surface area contributed by atoms with Crippen LogP contribution in [0.15, 0.2) is 24.3 Å². The van der Waals surface area contributed by atoms with E-state index < -0.39 is 11.7 Å². The summed E-state index contributed by atoms with van der Waals surface area (Å²) in [5.41, 5.74) is 0.622. The molecule has 4 rings (SSSR count). The highest BCUT2D eigenvalue weighted by Gasteiger charge is 2.59. The lowest BCUT2D eigenvalue weighted by Gasteiger charge is -2.09. The van der Waals surface area contributed by atoms with Gasteiger partial charge in [0.05, 0.1) is 24.4 Å². The summed E-state index contributed by atoms with van der Waals surface area (Å²) >= 11 is 0. The highest BCUT2D eigenvalue weighted by atomic mass is 19.4. The summed E-state index contributed by atoms with van der Waals surface area (Å²) in [6.45, 7) is 3.37. The second-order valence-corrected chi connectivity index (χ2v) is 7.29. The Hall–Kier alpha value is -2.42. The van der Waals surface area contributed by atoms with Crippen molar-refractivity contribution in [1.29, 1.82) is 0 Å². The van der Waals surface area contributed by atoms with Gasteiger partial charge in [0.25, 0.3) is 0 Å². The first kappa shape index (κ1) is 18.0. The van der Waals surface area contributed by atoms with Crippen molar-refractivity contribution >= 4 is 11.7 Å². The summed E-state index contributed by atoms with van der Waals surface area (Å²) in [6, 6.07) is 4.91. The fourth-order valence-corrected chi connectivity index (χ4v) is 3.58. The van der Waals surface area contributed by atoms with Gasteiger partial charge in [-0.05, 0) is 37.5 Å². The van der Waals surface area contributed by atoms with Gasteiger partial charge in [-0.15, -0.1) is 5.10 Å². The van der Waals surface area contributed by atoms with Crippen LogP contribution in [0.5, 0.6) is 0 Å². The molecule has 2 unspecified atom stereocenters. The number of ether oxygens (including phenoxy) is 1. The van der Waals surface area contributed by atoms with E-state index in [4.69, 9.17) is 4.74 Å². The number of anilines is 1. The molecule has 1 aromatic carbocycles. The van der Waals surface area contributed by atoms with Crippen molar-refractivity contribution < 1.29 is 22.7 Å². The Kier molecular flexibility index (Phi) is 4.21. The van der Waals surface area contributed by atoms with Gasteiger partial charge >= 0.3 is 6.18 Å². The van der Waals surface area contributed by atoms with Gasteiger partial charge in [0.1, 0.15) is 0 Å². The number of rotatable bonds is 4. The second-order valence-electron chi connectivity index (χ2n) is 7.29. The van der Waals surface area contributed by atoms with E-state index in [1.807, 2.05) is 0 Å². The second kappa shape index (κ2) is 6.33. The Bertz CT molecular complexity index is 854. The zero-order chi connectivity index (χ0) is 19.2. The lowest BCUT2D eigenvalue weighted by Crippen LogP contribution is -2.19. The van der Waals surface area contributed by atoms with Crippen molar-refractivity contribution in [2.24, 2.45) is 11.3 Å². The van der Waals surface area contributed by atoms with Gasteiger partial charge in [-0.3, -0.25) is 4.79 Å². The Morgan fingerprint density at radius 2 is 2.11 bits per heavy atom. The molecule has 0 bridgehead atoms. The third kappa shape index (κ3) is 3.43. The van der Waals surface area contributed by atoms with Crippen LogP contribution in [0.2, 0.25) is 0 Å². The number of alkyl halides is 3. The first-order chi connectivity index (χ1) is 12.8. The average Bonchev–Trinajstić information content (AvgIpc) is 2.93. The Morgan fingerprint density at radius 1 is 1.37 bits per heavy atom. The summed E-state index contributed by atoms with van der Waals surface area (Å²) in [5.74, 6) is 0.248. The molecule has 1 amide bonds. The topological polar surface area (TPSA) is 69.0 Å². The SMILES string of the molecule is Cc1c(NC(=O)C2CC23CCOC3)nnn1Cc1ccc(C(F)(F)F)cc1. The molecule has 144 valence electrons. The summed E-state index contributed by atoms with van der Waals surface area (Å²) in [5, 5.41) is 10.8. The van der Waals surface area contributed by atoms with Gasteiger partial charge < -0.3 is 10.1 Å². The third-order valence-electron chi connectivity index (χ3n) is 5.48. The molecule has 1 saturated carbocycles. The van der Waals surface area contributed by atoms with Crippen LogP contribution in [-0.2, 0) is 22.3 Å². The van der Waals surface area contributed by atoms with Gasteiger partial charge in [0.2, 0.25) is 5.91 Å². The number of benzene rings is 1. The Labute approximate surface area is 153 Å². The molecule has 27 heavy (non-hydrogen) atoms. The molecule has 2 atom stereocenters. The molecule has 1 aromatic heterocycles. The van der Waals surface area contributed by atoms with Crippen LogP contribution >= 0.6 is 0 Å². The first-order valence-corrected chi connectivity index (χ1v) is 8.73. The fourth-order valence-electron chi connectivity index (χ4n) is 3.58. The monoisotopic (exact) mass is 380 g/mol. The molecule has 0 radical (unpaired) electrons. The van der Waals surface area contributed by atoms with E-state index in [9.17, 15) is 18.0 Å². The number of hydrogen-bond acceptors (Lipinski definition) is 4. The van der Waals surface area contributed by atoms with Crippen molar-refractivity contribution in [2.75, 3.05) is 18.5 Å². The molecule has 1 aliphatic heterocycles. The van der Waals surface area contributed by atoms with Crippen molar-refractivity contribution in [3.05, 3.63) is 41.1 Å². The standard InChI is InChI=1S/C18H19F3N4O2/c1-11-15(22-16(26)14-8-17(14)6-7-27-10-17)23-24-25(11)9-12-2-4-13(5-3-12)18(19,20)21/h2-5,14H,6-10H2,1H3,(H,22,26). The smallest absolute Gasteiger partial charge is 0.381 e. The predicted octanol–water partition coefficient (Wildman–Crippen LogP) is 3.02. The number of aromatic nitrogens is 3. The number of carbonyl (C=O) groups is 1. The molecule has 6 nitrogen and oxygen atoms in total. The quantitative estimate of drug-likeness (QED) is 0.885. The fraction of sp³-hybridized carbons (Fsp3) is 0.500. The molecule has 2 aromatic rings. The van der Waals surface area contributed by atoms with E-state index in [2.05, 4.69) is 15.6 Å². The largest absolute Gasteiger partial charge is 0.416 e. The predicted molar refractivity (Wildman–Crippen MR) is 89.9 cm³/mol. The van der Waals surface area contributed by atoms with Crippen molar-refractivity contribution in [3.8, 4) is 0 Å². The van der Waals surface area contributed by atoms with Crippen LogP contribution in [0.3, 0.4) is 0 Å². The number of carbonyl (C=O) groups excluding carboxylic acids is 1. The molecule has 1 saturated heterocycles. The van der Waals surface area contributed by atoms with Crippen LogP contribution in [0, 0.1) is 18.3 Å². The lowest BCUT2D eigenvalue weighted by atomic mass is 10.0. The Balaban J connectivity index is 1.41. The van der Waals surface area contributed by atoms with E-state index in [1.165, 1.54) is 12.1 Å². The maximum Gasteiger partial charge on any atom is 0.416 e. The maximum absolute atomic E-state index is 12.6. The number of nitrogens with zero attached hydrogens (tertiary/aromatic N) is 3. The van der Waals surface area contributed by atoms with Crippen LogP contribution in [0.25, 0.3) is 0 Å². The summed E-state index contributed by atoms with van der Waals surface area (Å²) < 4.78 is 44.9. The maximum atomic E-state index is 12.6. The molecule has 2 fully saturated rings. The van der Waals surface area contributed by atoms with Crippen molar-refractivity contribution in [1.82, 2.24) is 15.0 Å². The number of nitrogens with one attached hydrogen (secondary N) is 1. The number of halogens is 3. The zero-order valence-corrected chi connectivity index (χ0v) is 14.7. The minimum Gasteiger partial charge on any atom is -0.381 e. The van der Waals surface area contributed by atoms with Crippen LogP contribution < -0.4 is 5.32 Å². The summed E-state index contributed by atoms with van der Waals surface area (Å²) in [4.78, 5) is 12.4. The van der Waals surface area contributed by atoms with E-state index in [1.54, 1.807) is 11.6 Å². The molecule has 1 spiro atoms. The van der Waals surface area contributed by atoms with E-state index in [-0.39, 0.29) is 23.8 Å². The molecule has 9 heteroatoms. The van der Waals surface area contributed by atoms with Gasteiger partial charge in [-0.25, -0.2) is 4.68 Å². The highest BCUT2D eigenvalue weighted by Crippen LogP contribution is 2.58. The van der Waals surface area contributed by atoms with E-state index >= 15 is 0 Å². The third-order valence-corrected chi connectivity index (χ3v) is 5.48. The van der Waals surface area contributed by atoms with Crippen LogP contribution in [0.1, 0.15) is 29.7 Å². The molecule has 1 N–H and O–H groups in total. The minimum absolute atomic E-state index is 0.00574. The van der Waals surface area contributed by atoms with Crippen LogP contribution in [-0.4, -0.2) is 34.1 Å². The normalized spacial score (nSPS) is 24.4. The minimum atomic E-state index is -4.36.